The first-order valence-corrected chi connectivity index (χ1v) is 10.7. The van der Waals surface area contributed by atoms with Crippen molar-refractivity contribution in [1.82, 2.24) is 4.90 Å². The molecule has 3 aliphatic rings. The van der Waals surface area contributed by atoms with Crippen LogP contribution in [0.25, 0.3) is 0 Å². The van der Waals surface area contributed by atoms with Crippen LogP contribution in [0, 0.1) is 0 Å². The van der Waals surface area contributed by atoms with E-state index in [4.69, 9.17) is 9.47 Å². The van der Waals surface area contributed by atoms with Crippen molar-refractivity contribution >= 4 is 0 Å². The molecular formula is C24H29NO4. The molecule has 3 unspecified atom stereocenters. The first kappa shape index (κ1) is 18.9. The van der Waals surface area contributed by atoms with Crippen molar-refractivity contribution in [2.75, 3.05) is 19.6 Å². The average molecular weight is 395 g/mol. The quantitative estimate of drug-likeness (QED) is 0.834. The van der Waals surface area contributed by atoms with Crippen molar-refractivity contribution in [3.8, 4) is 11.5 Å². The molecule has 0 amide bonds. The van der Waals surface area contributed by atoms with Gasteiger partial charge in [0.15, 0.2) is 0 Å². The normalized spacial score (nSPS) is 26.3. The topological polar surface area (TPSA) is 62.2 Å². The molecule has 5 nitrogen and oxygen atoms in total. The lowest BCUT2D eigenvalue weighted by Gasteiger charge is -2.46. The van der Waals surface area contributed by atoms with Gasteiger partial charge < -0.3 is 24.6 Å². The third kappa shape index (κ3) is 3.63. The number of hydrogen-bond acceptors (Lipinski definition) is 5. The van der Waals surface area contributed by atoms with Gasteiger partial charge in [0.05, 0.1) is 12.2 Å². The van der Waals surface area contributed by atoms with Gasteiger partial charge in [0.2, 0.25) is 0 Å². The molecule has 5 rings (SSSR count). The second-order valence-electron chi connectivity index (χ2n) is 8.86. The van der Waals surface area contributed by atoms with Gasteiger partial charge >= 0.3 is 0 Å². The van der Waals surface area contributed by atoms with E-state index in [0.717, 1.165) is 55.0 Å². The molecular weight excluding hydrogens is 366 g/mol. The second kappa shape index (κ2) is 7.31. The van der Waals surface area contributed by atoms with Crippen LogP contribution in [-0.4, -0.2) is 46.5 Å². The zero-order valence-electron chi connectivity index (χ0n) is 16.9. The maximum absolute atomic E-state index is 10.8. The Morgan fingerprint density at radius 3 is 2.76 bits per heavy atom. The number of para-hydroxylation sites is 1. The number of likely N-dealkylation sites (tertiary alicyclic amines) is 1. The van der Waals surface area contributed by atoms with E-state index in [-0.39, 0.29) is 11.7 Å². The van der Waals surface area contributed by atoms with Crippen molar-refractivity contribution in [3.05, 3.63) is 59.2 Å². The molecule has 0 aliphatic carbocycles. The fraction of sp³-hybridized carbons (Fsp3) is 0.500. The molecule has 0 aromatic heterocycles. The SMILES string of the molecule is CC1Cc2cc(C(O)CN3CCC4(CC3)CC(O)c3ccccc3O4)ccc2O1. The number of hydrogen-bond donors (Lipinski definition) is 2. The lowest BCUT2D eigenvalue weighted by molar-refractivity contribution is -0.0587. The first-order valence-electron chi connectivity index (χ1n) is 10.7. The van der Waals surface area contributed by atoms with Crippen molar-refractivity contribution in [3.63, 3.8) is 0 Å². The Morgan fingerprint density at radius 2 is 1.93 bits per heavy atom. The Labute approximate surface area is 171 Å². The van der Waals surface area contributed by atoms with E-state index < -0.39 is 12.2 Å². The summed E-state index contributed by atoms with van der Waals surface area (Å²) in [5.74, 6) is 1.76. The molecule has 29 heavy (non-hydrogen) atoms. The Morgan fingerprint density at radius 1 is 1.14 bits per heavy atom. The number of fused-ring (bicyclic) bond motifs is 2. The summed E-state index contributed by atoms with van der Waals surface area (Å²) >= 11 is 0. The van der Waals surface area contributed by atoms with Crippen LogP contribution in [0.15, 0.2) is 42.5 Å². The predicted molar refractivity (Wildman–Crippen MR) is 110 cm³/mol. The summed E-state index contributed by atoms with van der Waals surface area (Å²) in [7, 11) is 0. The van der Waals surface area contributed by atoms with Gasteiger partial charge in [-0.1, -0.05) is 24.3 Å². The van der Waals surface area contributed by atoms with Gasteiger partial charge in [-0.2, -0.15) is 0 Å². The highest BCUT2D eigenvalue weighted by molar-refractivity contribution is 5.41. The summed E-state index contributed by atoms with van der Waals surface area (Å²) in [5.41, 5.74) is 2.75. The van der Waals surface area contributed by atoms with Gasteiger partial charge in [-0.25, -0.2) is 0 Å². The number of piperidine rings is 1. The summed E-state index contributed by atoms with van der Waals surface area (Å²) in [6, 6.07) is 13.8. The van der Waals surface area contributed by atoms with E-state index in [0.29, 0.717) is 13.0 Å². The summed E-state index contributed by atoms with van der Waals surface area (Å²) in [6.07, 6.45) is 2.51. The van der Waals surface area contributed by atoms with Crippen molar-refractivity contribution in [2.24, 2.45) is 0 Å². The summed E-state index contributed by atoms with van der Waals surface area (Å²) in [6.45, 7) is 4.40. The molecule has 3 aliphatic heterocycles. The third-order valence-electron chi connectivity index (χ3n) is 6.67. The number of ether oxygens (including phenoxy) is 2. The van der Waals surface area contributed by atoms with Crippen LogP contribution < -0.4 is 9.47 Å². The average Bonchev–Trinajstić information content (AvgIpc) is 3.09. The monoisotopic (exact) mass is 395 g/mol. The summed E-state index contributed by atoms with van der Waals surface area (Å²) in [4.78, 5) is 2.30. The molecule has 2 aromatic rings. The second-order valence-corrected chi connectivity index (χ2v) is 8.86. The predicted octanol–water partition coefficient (Wildman–Crippen LogP) is 3.39. The standard InChI is InChI=1S/C24H29NO4/c1-16-12-18-13-17(6-7-22(18)28-16)21(27)15-25-10-8-24(9-11-25)14-20(26)19-4-2-3-5-23(19)29-24/h2-7,13,16,20-21,26-27H,8-12,14-15H2,1H3. The molecule has 3 heterocycles. The fourth-order valence-corrected chi connectivity index (χ4v) is 5.03. The Hall–Kier alpha value is -2.08. The molecule has 0 radical (unpaired) electrons. The van der Waals surface area contributed by atoms with Gasteiger partial charge in [0.1, 0.15) is 23.2 Å². The maximum atomic E-state index is 10.8. The highest BCUT2D eigenvalue weighted by Gasteiger charge is 2.43. The maximum Gasteiger partial charge on any atom is 0.125 e. The van der Waals surface area contributed by atoms with E-state index >= 15 is 0 Å². The number of β-amino-alcohol motifs (C(OH)–C–C–N with tert-alkyl or cyclic N) is 1. The van der Waals surface area contributed by atoms with Crippen molar-refractivity contribution < 1.29 is 19.7 Å². The van der Waals surface area contributed by atoms with Crippen LogP contribution in [0.5, 0.6) is 11.5 Å². The number of rotatable bonds is 3. The molecule has 5 heteroatoms. The molecule has 2 aromatic carbocycles. The number of aliphatic hydroxyl groups is 2. The minimum atomic E-state index is -0.510. The molecule has 2 N–H and O–H groups in total. The molecule has 3 atom stereocenters. The van der Waals surface area contributed by atoms with Gasteiger partial charge in [0, 0.05) is 38.0 Å². The smallest absolute Gasteiger partial charge is 0.125 e. The van der Waals surface area contributed by atoms with Gasteiger partial charge in [0.25, 0.3) is 0 Å². The van der Waals surface area contributed by atoms with Crippen LogP contribution in [0.4, 0.5) is 0 Å². The van der Waals surface area contributed by atoms with E-state index in [1.807, 2.05) is 36.4 Å². The minimum absolute atomic E-state index is 0.214. The number of nitrogens with zero attached hydrogens (tertiary/aromatic N) is 1. The number of aliphatic hydroxyl groups excluding tert-OH is 2. The Bertz CT molecular complexity index is 890. The largest absolute Gasteiger partial charge is 0.490 e. The van der Waals surface area contributed by atoms with E-state index in [1.54, 1.807) is 0 Å². The zero-order valence-corrected chi connectivity index (χ0v) is 16.9. The van der Waals surface area contributed by atoms with Crippen LogP contribution in [0.1, 0.15) is 55.1 Å². The molecule has 0 saturated carbocycles. The first-order chi connectivity index (χ1) is 14.0. The molecule has 1 saturated heterocycles. The van der Waals surface area contributed by atoms with Gasteiger partial charge in [-0.3, -0.25) is 0 Å². The van der Waals surface area contributed by atoms with Crippen LogP contribution in [-0.2, 0) is 6.42 Å². The van der Waals surface area contributed by atoms with Crippen molar-refractivity contribution in [2.45, 2.75) is 56.5 Å². The lowest BCUT2D eigenvalue weighted by Crippen LogP contribution is -2.51. The van der Waals surface area contributed by atoms with Crippen LogP contribution >= 0.6 is 0 Å². The highest BCUT2D eigenvalue weighted by Crippen LogP contribution is 2.44. The lowest BCUT2D eigenvalue weighted by atomic mass is 9.81. The summed E-state index contributed by atoms with van der Waals surface area (Å²) in [5, 5.41) is 21.4. The zero-order chi connectivity index (χ0) is 20.0. The fourth-order valence-electron chi connectivity index (χ4n) is 5.03. The minimum Gasteiger partial charge on any atom is -0.490 e. The summed E-state index contributed by atoms with van der Waals surface area (Å²) < 4.78 is 12.1. The third-order valence-corrected chi connectivity index (χ3v) is 6.67. The Kier molecular flexibility index (Phi) is 4.77. The van der Waals surface area contributed by atoms with Gasteiger partial charge in [-0.05, 0) is 49.1 Å². The van der Waals surface area contributed by atoms with E-state index in [1.165, 1.54) is 5.56 Å². The Balaban J connectivity index is 1.21. The highest BCUT2D eigenvalue weighted by atomic mass is 16.5. The van der Waals surface area contributed by atoms with Crippen LogP contribution in [0.2, 0.25) is 0 Å². The molecule has 154 valence electrons. The van der Waals surface area contributed by atoms with E-state index in [2.05, 4.69) is 17.9 Å². The van der Waals surface area contributed by atoms with Crippen LogP contribution in [0.3, 0.4) is 0 Å². The number of benzene rings is 2. The molecule has 1 spiro atoms. The van der Waals surface area contributed by atoms with E-state index in [9.17, 15) is 10.2 Å². The molecule has 0 bridgehead atoms. The molecule has 1 fully saturated rings. The van der Waals surface area contributed by atoms with Gasteiger partial charge in [-0.15, -0.1) is 0 Å². The van der Waals surface area contributed by atoms with Crippen molar-refractivity contribution in [1.29, 1.82) is 0 Å².